The number of rotatable bonds is 2. The van der Waals surface area contributed by atoms with Crippen molar-refractivity contribution in [1.29, 1.82) is 0 Å². The molecule has 0 radical (unpaired) electrons. The monoisotopic (exact) mass is 266 g/mol. The van der Waals surface area contributed by atoms with Crippen LogP contribution in [0.2, 0.25) is 5.15 Å². The summed E-state index contributed by atoms with van der Waals surface area (Å²) in [7, 11) is 0. The highest BCUT2D eigenvalue weighted by Crippen LogP contribution is 2.66. The maximum Gasteiger partial charge on any atom is 0.252 e. The molecule has 2 aliphatic rings. The van der Waals surface area contributed by atoms with E-state index in [1.165, 1.54) is 12.8 Å². The Morgan fingerprint density at radius 2 is 2.00 bits per heavy atom. The van der Waals surface area contributed by atoms with E-state index in [4.69, 9.17) is 16.3 Å². The lowest BCUT2D eigenvalue weighted by atomic mass is 9.70. The summed E-state index contributed by atoms with van der Waals surface area (Å²) < 4.78 is 6.07. The van der Waals surface area contributed by atoms with Gasteiger partial charge in [-0.15, -0.1) is 0 Å². The molecule has 0 aliphatic heterocycles. The first-order valence-electron chi connectivity index (χ1n) is 6.58. The molecule has 0 aromatic carbocycles. The fraction of sp³-hybridized carbons (Fsp3) is 0.714. The van der Waals surface area contributed by atoms with Gasteiger partial charge in [0, 0.05) is 17.8 Å². The van der Waals surface area contributed by atoms with Crippen molar-refractivity contribution in [1.82, 2.24) is 9.97 Å². The Kier molecular flexibility index (Phi) is 2.60. The van der Waals surface area contributed by atoms with Crippen LogP contribution in [0.5, 0.6) is 5.88 Å². The molecule has 0 N–H and O–H groups in total. The zero-order valence-corrected chi connectivity index (χ0v) is 11.9. The minimum Gasteiger partial charge on any atom is -0.472 e. The second kappa shape index (κ2) is 3.83. The molecule has 1 heterocycles. The Hall–Kier alpha value is -0.830. The van der Waals surface area contributed by atoms with Crippen molar-refractivity contribution in [3.63, 3.8) is 0 Å². The van der Waals surface area contributed by atoms with Gasteiger partial charge in [0.15, 0.2) is 5.15 Å². The van der Waals surface area contributed by atoms with Gasteiger partial charge >= 0.3 is 0 Å². The lowest BCUT2D eigenvalue weighted by molar-refractivity contribution is 0.0271. The molecular formula is C14H19ClN2O. The highest BCUT2D eigenvalue weighted by atomic mass is 35.5. The molecule has 1 aromatic heterocycles. The molecule has 1 aromatic rings. The van der Waals surface area contributed by atoms with Crippen LogP contribution in [0.25, 0.3) is 0 Å². The number of ether oxygens (including phenoxy) is 1. The van der Waals surface area contributed by atoms with Gasteiger partial charge in [0.25, 0.3) is 5.88 Å². The standard InChI is InChI=1S/C14H19ClN2O/c1-13(2)9-4-5-14(13,3)10(8-9)18-12-11(15)16-6-7-17-12/h6-7,9-10H,4-5,8H2,1-3H3. The molecule has 3 nitrogen and oxygen atoms in total. The van der Waals surface area contributed by atoms with E-state index < -0.39 is 0 Å². The third kappa shape index (κ3) is 1.49. The van der Waals surface area contributed by atoms with E-state index >= 15 is 0 Å². The SMILES string of the molecule is CC1(C)C2CCC1(C)C(Oc1nccnc1Cl)C2. The summed E-state index contributed by atoms with van der Waals surface area (Å²) in [4.78, 5) is 8.21. The Labute approximate surface area is 113 Å². The zero-order chi connectivity index (χ0) is 13.0. The summed E-state index contributed by atoms with van der Waals surface area (Å²) in [6.07, 6.45) is 7.07. The number of hydrogen-bond donors (Lipinski definition) is 0. The summed E-state index contributed by atoms with van der Waals surface area (Å²) >= 11 is 6.02. The predicted octanol–water partition coefficient (Wildman–Crippen LogP) is 3.72. The Balaban J connectivity index is 1.86. The van der Waals surface area contributed by atoms with Crippen LogP contribution in [-0.4, -0.2) is 16.1 Å². The molecule has 2 saturated carbocycles. The maximum atomic E-state index is 6.07. The zero-order valence-electron chi connectivity index (χ0n) is 11.1. The topological polar surface area (TPSA) is 35.0 Å². The summed E-state index contributed by atoms with van der Waals surface area (Å²) in [6.45, 7) is 7.08. The fourth-order valence-electron chi connectivity index (χ4n) is 3.83. The van der Waals surface area contributed by atoms with Crippen LogP contribution in [0.4, 0.5) is 0 Å². The first-order chi connectivity index (χ1) is 8.45. The van der Waals surface area contributed by atoms with Gasteiger partial charge in [-0.25, -0.2) is 9.97 Å². The van der Waals surface area contributed by atoms with E-state index in [0.717, 1.165) is 12.3 Å². The summed E-state index contributed by atoms with van der Waals surface area (Å²) in [5.74, 6) is 1.23. The fourth-order valence-corrected chi connectivity index (χ4v) is 3.98. The second-order valence-corrected chi connectivity index (χ2v) is 6.73. The molecule has 3 unspecified atom stereocenters. The second-order valence-electron chi connectivity index (χ2n) is 6.37. The number of fused-ring (bicyclic) bond motifs is 2. The maximum absolute atomic E-state index is 6.07. The third-order valence-corrected chi connectivity index (χ3v) is 5.85. The van der Waals surface area contributed by atoms with Crippen molar-refractivity contribution in [3.05, 3.63) is 17.5 Å². The number of nitrogens with zero attached hydrogens (tertiary/aromatic N) is 2. The van der Waals surface area contributed by atoms with Gasteiger partial charge in [0.2, 0.25) is 0 Å². The van der Waals surface area contributed by atoms with Crippen LogP contribution in [0.15, 0.2) is 12.4 Å². The lowest BCUT2D eigenvalue weighted by Crippen LogP contribution is -2.39. The summed E-state index contributed by atoms with van der Waals surface area (Å²) in [5.41, 5.74) is 0.560. The normalized spacial score (nSPS) is 36.9. The average Bonchev–Trinajstić information content (AvgIpc) is 2.65. The first kappa shape index (κ1) is 12.2. The van der Waals surface area contributed by atoms with Crippen LogP contribution < -0.4 is 4.74 Å². The smallest absolute Gasteiger partial charge is 0.252 e. The predicted molar refractivity (Wildman–Crippen MR) is 70.7 cm³/mol. The highest BCUT2D eigenvalue weighted by molar-refractivity contribution is 6.30. The molecule has 0 saturated heterocycles. The molecule has 2 fully saturated rings. The van der Waals surface area contributed by atoms with Gasteiger partial charge in [-0.3, -0.25) is 0 Å². The van der Waals surface area contributed by atoms with E-state index in [2.05, 4.69) is 30.7 Å². The van der Waals surface area contributed by atoms with Crippen molar-refractivity contribution >= 4 is 11.6 Å². The van der Waals surface area contributed by atoms with Crippen molar-refractivity contribution in [3.8, 4) is 5.88 Å². The first-order valence-corrected chi connectivity index (χ1v) is 6.96. The molecule has 3 atom stereocenters. The molecule has 4 heteroatoms. The van der Waals surface area contributed by atoms with Crippen molar-refractivity contribution in [2.75, 3.05) is 0 Å². The van der Waals surface area contributed by atoms with Crippen molar-refractivity contribution in [2.45, 2.75) is 46.1 Å². The van der Waals surface area contributed by atoms with Gasteiger partial charge in [0.05, 0.1) is 0 Å². The van der Waals surface area contributed by atoms with Gasteiger partial charge in [-0.2, -0.15) is 0 Å². The van der Waals surface area contributed by atoms with E-state index in [0.29, 0.717) is 16.4 Å². The Bertz CT molecular complexity index is 477. The van der Waals surface area contributed by atoms with E-state index in [9.17, 15) is 0 Å². The van der Waals surface area contributed by atoms with Crippen LogP contribution in [-0.2, 0) is 0 Å². The van der Waals surface area contributed by atoms with Crippen LogP contribution in [0.3, 0.4) is 0 Å². The number of hydrogen-bond acceptors (Lipinski definition) is 3. The molecule has 98 valence electrons. The van der Waals surface area contributed by atoms with Crippen LogP contribution in [0.1, 0.15) is 40.0 Å². The Morgan fingerprint density at radius 3 is 2.56 bits per heavy atom. The lowest BCUT2D eigenvalue weighted by Gasteiger charge is -2.38. The van der Waals surface area contributed by atoms with Crippen LogP contribution >= 0.6 is 11.6 Å². The van der Waals surface area contributed by atoms with Gasteiger partial charge in [0.1, 0.15) is 6.10 Å². The largest absolute Gasteiger partial charge is 0.472 e. The highest BCUT2D eigenvalue weighted by Gasteiger charge is 2.62. The molecular weight excluding hydrogens is 248 g/mol. The van der Waals surface area contributed by atoms with Crippen molar-refractivity contribution in [2.24, 2.45) is 16.7 Å². The van der Waals surface area contributed by atoms with Gasteiger partial charge in [-0.1, -0.05) is 32.4 Å². The summed E-state index contributed by atoms with van der Waals surface area (Å²) in [6, 6.07) is 0. The third-order valence-electron chi connectivity index (χ3n) is 5.59. The Morgan fingerprint density at radius 1 is 1.28 bits per heavy atom. The molecule has 0 spiro atoms. The molecule has 2 aliphatic carbocycles. The van der Waals surface area contributed by atoms with E-state index in [-0.39, 0.29) is 11.5 Å². The quantitative estimate of drug-likeness (QED) is 0.818. The van der Waals surface area contributed by atoms with Gasteiger partial charge in [-0.05, 0) is 30.6 Å². The number of aromatic nitrogens is 2. The van der Waals surface area contributed by atoms with Gasteiger partial charge < -0.3 is 4.74 Å². The molecule has 2 bridgehead atoms. The van der Waals surface area contributed by atoms with E-state index in [1.54, 1.807) is 12.4 Å². The molecule has 18 heavy (non-hydrogen) atoms. The van der Waals surface area contributed by atoms with Crippen molar-refractivity contribution < 1.29 is 4.74 Å². The molecule has 0 amide bonds. The number of halogens is 1. The molecule has 3 rings (SSSR count). The average molecular weight is 267 g/mol. The van der Waals surface area contributed by atoms with E-state index in [1.807, 2.05) is 0 Å². The minimum absolute atomic E-state index is 0.209. The van der Waals surface area contributed by atoms with Crippen LogP contribution in [0, 0.1) is 16.7 Å². The summed E-state index contributed by atoms with van der Waals surface area (Å²) in [5, 5.41) is 0.363. The minimum atomic E-state index is 0.209.